The maximum Gasteiger partial charge on any atom is 0.317 e. The van der Waals surface area contributed by atoms with Gasteiger partial charge in [-0.25, -0.2) is 14.7 Å². The Hall–Kier alpha value is -2.78. The van der Waals surface area contributed by atoms with Crippen molar-refractivity contribution >= 4 is 23.7 Å². The van der Waals surface area contributed by atoms with E-state index >= 15 is 0 Å². The molecule has 2 rings (SSSR count). The van der Waals surface area contributed by atoms with E-state index in [0.29, 0.717) is 17.1 Å². The molecule has 0 unspecified atom stereocenters. The summed E-state index contributed by atoms with van der Waals surface area (Å²) in [6, 6.07) is 11.1. The van der Waals surface area contributed by atoms with Gasteiger partial charge in [-0.3, -0.25) is 9.63 Å². The number of carbonyl (C=O) groups excluding carboxylic acids is 2. The number of benzene rings is 2. The van der Waals surface area contributed by atoms with Crippen LogP contribution in [0.2, 0.25) is 0 Å². The van der Waals surface area contributed by atoms with E-state index in [1.165, 1.54) is 37.3 Å². The van der Waals surface area contributed by atoms with Crippen LogP contribution >= 0.6 is 11.8 Å². The lowest BCUT2D eigenvalue weighted by Crippen LogP contribution is -2.42. The van der Waals surface area contributed by atoms with Gasteiger partial charge in [-0.15, -0.1) is 11.8 Å². The first-order chi connectivity index (χ1) is 13.4. The summed E-state index contributed by atoms with van der Waals surface area (Å²) in [6.45, 7) is -0.154. The minimum atomic E-state index is -0.495. The molecule has 0 spiro atoms. The van der Waals surface area contributed by atoms with Gasteiger partial charge in [-0.2, -0.15) is 0 Å². The van der Waals surface area contributed by atoms with Gasteiger partial charge in [0.15, 0.2) is 0 Å². The molecular formula is C19H22FN3O4S. The largest absolute Gasteiger partial charge is 0.457 e. The topological polar surface area (TPSA) is 79.9 Å². The van der Waals surface area contributed by atoms with Crippen LogP contribution < -0.4 is 15.5 Å². The van der Waals surface area contributed by atoms with Crippen molar-refractivity contribution in [3.05, 3.63) is 53.8 Å². The molecule has 3 amide bonds. The highest BCUT2D eigenvalue weighted by Gasteiger charge is 2.14. The predicted octanol–water partition coefficient (Wildman–Crippen LogP) is 3.16. The lowest BCUT2D eigenvalue weighted by atomic mass is 10.2. The molecule has 9 heteroatoms. The van der Waals surface area contributed by atoms with Gasteiger partial charge in [0.1, 0.15) is 23.9 Å². The molecule has 0 heterocycles. The predicted molar refractivity (Wildman–Crippen MR) is 105 cm³/mol. The van der Waals surface area contributed by atoms with Crippen LogP contribution in [0.4, 0.5) is 9.18 Å². The number of hydrogen-bond acceptors (Lipinski definition) is 5. The Morgan fingerprint density at radius 2 is 1.89 bits per heavy atom. The molecule has 0 fully saturated rings. The Morgan fingerprint density at radius 1 is 1.18 bits per heavy atom. The molecule has 28 heavy (non-hydrogen) atoms. The number of hydrogen-bond donors (Lipinski definition) is 2. The Labute approximate surface area is 167 Å². The van der Waals surface area contributed by atoms with Gasteiger partial charge >= 0.3 is 6.03 Å². The van der Waals surface area contributed by atoms with Crippen LogP contribution in [0.25, 0.3) is 0 Å². The number of ether oxygens (including phenoxy) is 1. The van der Waals surface area contributed by atoms with Crippen molar-refractivity contribution in [2.75, 3.05) is 27.0 Å². The zero-order valence-electron chi connectivity index (χ0n) is 15.8. The molecule has 7 nitrogen and oxygen atoms in total. The molecule has 2 aromatic rings. The highest BCUT2D eigenvalue weighted by atomic mass is 32.2. The average Bonchev–Trinajstić information content (AvgIpc) is 2.69. The zero-order chi connectivity index (χ0) is 20.5. The lowest BCUT2D eigenvalue weighted by Gasteiger charge is -2.20. The summed E-state index contributed by atoms with van der Waals surface area (Å²) < 4.78 is 19.6. The molecule has 2 N–H and O–H groups in total. The standard InChI is InChI=1S/C19H22FN3O4S/c1-23(19(25)21-11-18(24)22-26-2)12-13-10-14(20)4-9-17(13)27-15-5-7-16(28-3)8-6-15/h4-10H,11-12H2,1-3H3,(H,21,25)(H,22,24). The first kappa shape index (κ1) is 21.5. The van der Waals surface area contributed by atoms with Gasteiger partial charge in [0.25, 0.3) is 5.91 Å². The monoisotopic (exact) mass is 407 g/mol. The highest BCUT2D eigenvalue weighted by Crippen LogP contribution is 2.28. The lowest BCUT2D eigenvalue weighted by molar-refractivity contribution is -0.130. The van der Waals surface area contributed by atoms with Crippen LogP contribution in [-0.4, -0.2) is 43.8 Å². The van der Waals surface area contributed by atoms with E-state index in [1.807, 2.05) is 30.5 Å². The van der Waals surface area contributed by atoms with Gasteiger partial charge in [0.2, 0.25) is 0 Å². The van der Waals surface area contributed by atoms with Gasteiger partial charge in [-0.05, 0) is 48.7 Å². The molecule has 0 atom stereocenters. The van der Waals surface area contributed by atoms with Crippen molar-refractivity contribution in [2.45, 2.75) is 11.4 Å². The SMILES string of the molecule is CONC(=O)CNC(=O)N(C)Cc1cc(F)ccc1Oc1ccc(SC)cc1. The van der Waals surface area contributed by atoms with Crippen LogP contribution in [0, 0.1) is 5.82 Å². The summed E-state index contributed by atoms with van der Waals surface area (Å²) in [6.07, 6.45) is 1.98. The number of halogens is 1. The van der Waals surface area contributed by atoms with Gasteiger partial charge in [-0.1, -0.05) is 0 Å². The number of carbonyl (C=O) groups is 2. The Bertz CT molecular complexity index is 817. The summed E-state index contributed by atoms with van der Waals surface area (Å²) in [4.78, 5) is 30.4. The fourth-order valence-corrected chi connectivity index (χ4v) is 2.72. The molecule has 2 aromatic carbocycles. The number of amides is 3. The van der Waals surface area contributed by atoms with E-state index in [-0.39, 0.29) is 13.1 Å². The molecule has 150 valence electrons. The van der Waals surface area contributed by atoms with E-state index in [1.54, 1.807) is 11.8 Å². The second-order valence-corrected chi connectivity index (χ2v) is 6.65. The molecule has 0 aliphatic carbocycles. The quantitative estimate of drug-likeness (QED) is 0.519. The van der Waals surface area contributed by atoms with Crippen molar-refractivity contribution < 1.29 is 23.6 Å². The number of nitrogens with zero attached hydrogens (tertiary/aromatic N) is 1. The third-order valence-electron chi connectivity index (χ3n) is 3.68. The summed E-state index contributed by atoms with van der Waals surface area (Å²) in [5.41, 5.74) is 2.59. The fraction of sp³-hybridized carbons (Fsp3) is 0.263. The molecule has 0 saturated carbocycles. The molecule has 0 saturated heterocycles. The second-order valence-electron chi connectivity index (χ2n) is 5.77. The maximum atomic E-state index is 13.7. The average molecular weight is 407 g/mol. The number of rotatable bonds is 8. The third-order valence-corrected chi connectivity index (χ3v) is 4.42. The van der Waals surface area contributed by atoms with Crippen LogP contribution in [0.1, 0.15) is 5.56 Å². The Morgan fingerprint density at radius 3 is 2.54 bits per heavy atom. The molecule has 0 radical (unpaired) electrons. The van der Waals surface area contributed by atoms with Crippen molar-refractivity contribution in [2.24, 2.45) is 0 Å². The van der Waals surface area contributed by atoms with Crippen molar-refractivity contribution in [3.63, 3.8) is 0 Å². The van der Waals surface area contributed by atoms with Crippen LogP contribution in [-0.2, 0) is 16.2 Å². The van der Waals surface area contributed by atoms with Crippen molar-refractivity contribution in [1.29, 1.82) is 0 Å². The van der Waals surface area contributed by atoms with Crippen LogP contribution in [0.3, 0.4) is 0 Å². The van der Waals surface area contributed by atoms with Crippen molar-refractivity contribution in [3.8, 4) is 11.5 Å². The van der Waals surface area contributed by atoms with Crippen molar-refractivity contribution in [1.82, 2.24) is 15.7 Å². The Balaban J connectivity index is 2.06. The van der Waals surface area contributed by atoms with Gasteiger partial charge in [0.05, 0.1) is 13.7 Å². The first-order valence-corrected chi connectivity index (χ1v) is 9.56. The second kappa shape index (κ2) is 10.5. The van der Waals surface area contributed by atoms with Gasteiger partial charge < -0.3 is 15.0 Å². The number of nitrogens with one attached hydrogen (secondary N) is 2. The van der Waals surface area contributed by atoms with E-state index < -0.39 is 17.8 Å². The first-order valence-electron chi connectivity index (χ1n) is 8.34. The maximum absolute atomic E-state index is 13.7. The zero-order valence-corrected chi connectivity index (χ0v) is 16.6. The molecular weight excluding hydrogens is 385 g/mol. The Kier molecular flexibility index (Phi) is 8.09. The molecule has 0 aliphatic heterocycles. The van der Waals surface area contributed by atoms with E-state index in [0.717, 1.165) is 4.90 Å². The van der Waals surface area contributed by atoms with E-state index in [4.69, 9.17) is 4.74 Å². The minimum absolute atomic E-state index is 0.0910. The summed E-state index contributed by atoms with van der Waals surface area (Å²) in [5.74, 6) is 0.116. The van der Waals surface area contributed by atoms with Crippen LogP contribution in [0.5, 0.6) is 11.5 Å². The molecule has 0 aliphatic rings. The number of hydroxylamine groups is 1. The normalized spacial score (nSPS) is 10.3. The summed E-state index contributed by atoms with van der Waals surface area (Å²) in [5, 5.41) is 2.44. The molecule has 0 aromatic heterocycles. The van der Waals surface area contributed by atoms with Gasteiger partial charge in [0, 0.05) is 17.5 Å². The highest BCUT2D eigenvalue weighted by molar-refractivity contribution is 7.98. The van der Waals surface area contributed by atoms with E-state index in [2.05, 4.69) is 15.6 Å². The molecule has 0 bridgehead atoms. The summed E-state index contributed by atoms with van der Waals surface area (Å²) in [7, 11) is 2.83. The number of thioether (sulfide) groups is 1. The van der Waals surface area contributed by atoms with Crippen LogP contribution in [0.15, 0.2) is 47.4 Å². The third kappa shape index (κ3) is 6.43. The van der Waals surface area contributed by atoms with E-state index in [9.17, 15) is 14.0 Å². The fourth-order valence-electron chi connectivity index (χ4n) is 2.31. The number of urea groups is 1. The minimum Gasteiger partial charge on any atom is -0.457 e. The summed E-state index contributed by atoms with van der Waals surface area (Å²) >= 11 is 1.62. The smallest absolute Gasteiger partial charge is 0.317 e.